The Morgan fingerprint density at radius 1 is 0.424 bits per heavy atom. The molecule has 0 aliphatic heterocycles. The van der Waals surface area contributed by atoms with Gasteiger partial charge in [0.1, 0.15) is 30.2 Å². The molecule has 1 rings (SSSR count). The molecule has 0 heterocycles. The predicted octanol–water partition coefficient (Wildman–Crippen LogP) is 27.8. The maximum Gasteiger partial charge on any atom is 0.311 e. The summed E-state index contributed by atoms with van der Waals surface area (Å²) in [5.74, 6) is -0.560. The minimum absolute atomic E-state index is 0.0862. The summed E-state index contributed by atoms with van der Waals surface area (Å²) in [6.07, 6.45) is 47.5. The molecule has 0 aliphatic rings. The van der Waals surface area contributed by atoms with Crippen molar-refractivity contribution in [3.8, 4) is 11.5 Å². The van der Waals surface area contributed by atoms with Gasteiger partial charge < -0.3 is 54.0 Å². The number of unbranched alkanes of at least 4 members (excludes halogenated alkanes) is 18. The first-order valence-corrected chi connectivity index (χ1v) is 54.2. The number of ether oxygens (including phenoxy) is 3. The van der Waals surface area contributed by atoms with Gasteiger partial charge in [-0.1, -0.05) is 209 Å². The average Bonchev–Trinajstić information content (AvgIpc) is 0.795. The first kappa shape index (κ1) is 129. The number of Topliss-reactive ketones (excluding diaryl/α,β-unsaturated/α-hetero) is 1. The smallest absolute Gasteiger partial charge is 0.311 e. The van der Waals surface area contributed by atoms with Gasteiger partial charge in [0, 0.05) is 51.9 Å². The number of aromatic hydroxyl groups is 2. The van der Waals surface area contributed by atoms with Crippen LogP contribution in [0.25, 0.3) is 0 Å². The van der Waals surface area contributed by atoms with Crippen LogP contribution in [0.2, 0.25) is 66.0 Å². The first-order chi connectivity index (χ1) is 54.2. The number of aliphatic hydroxyl groups excluding tert-OH is 2. The third-order valence-corrected chi connectivity index (χ3v) is 34.2. The predicted molar refractivity (Wildman–Crippen MR) is 512 cm³/mol. The number of aldehydes is 2. The maximum atomic E-state index is 11.6. The molecule has 22 heteroatoms. The van der Waals surface area contributed by atoms with Gasteiger partial charge in [0.15, 0.2) is 22.9 Å². The van der Waals surface area contributed by atoms with Gasteiger partial charge in [-0.25, -0.2) is 5.53 Å². The van der Waals surface area contributed by atoms with E-state index >= 15 is 0 Å². The summed E-state index contributed by atoms with van der Waals surface area (Å²) in [5.41, 5.74) is 9.99. The molecule has 7 N–H and O–H groups in total. The quantitative estimate of drug-likeness (QED) is 0.00673. The van der Waals surface area contributed by atoms with Gasteiger partial charge in [0.05, 0.1) is 46.7 Å². The number of nitrogens with zero attached hydrogens (tertiary/aromatic N) is 1. The van der Waals surface area contributed by atoms with E-state index < -0.39 is 30.1 Å². The topological polar surface area (TPSA) is 292 Å². The van der Waals surface area contributed by atoms with Gasteiger partial charge in [-0.3, -0.25) is 24.0 Å². The highest BCUT2D eigenvalue weighted by Gasteiger charge is 2.38. The van der Waals surface area contributed by atoms with Crippen molar-refractivity contribution in [3.63, 3.8) is 0 Å². The molecule has 1 aromatic carbocycles. The third kappa shape index (κ3) is 80.0. The number of rotatable bonds is 44. The molecular formula is C96H188ClN3O15Si3. The van der Waals surface area contributed by atoms with E-state index in [1.54, 1.807) is 13.8 Å². The molecule has 0 atom stereocenters. The summed E-state index contributed by atoms with van der Waals surface area (Å²) < 4.78 is 27.7. The van der Waals surface area contributed by atoms with Crippen LogP contribution in [-0.2, 0) is 53.5 Å². The van der Waals surface area contributed by atoms with Gasteiger partial charge in [-0.05, 0) is 271 Å². The van der Waals surface area contributed by atoms with E-state index in [2.05, 4.69) is 176 Å². The van der Waals surface area contributed by atoms with E-state index in [4.69, 9.17) is 50.4 Å². The molecule has 1 aromatic rings. The highest BCUT2D eigenvalue weighted by atomic mass is 35.5. The van der Waals surface area contributed by atoms with Crippen molar-refractivity contribution in [3.05, 3.63) is 70.3 Å². The Bertz CT molecular complexity index is 2740. The Morgan fingerprint density at radius 3 is 0.907 bits per heavy atom. The van der Waals surface area contributed by atoms with E-state index in [0.717, 1.165) is 148 Å². The number of phenols is 2. The van der Waals surface area contributed by atoms with Crippen LogP contribution in [0.3, 0.4) is 0 Å². The normalized spacial score (nSPS) is 12.0. The molecular weight excluding hydrogens is 1550 g/mol. The molecule has 0 amide bonds. The second-order valence-corrected chi connectivity index (χ2v) is 55.3. The number of allylic oxidation sites excluding steroid dienone is 8. The van der Waals surface area contributed by atoms with Crippen LogP contribution >= 0.6 is 11.6 Å². The van der Waals surface area contributed by atoms with Gasteiger partial charge >= 0.3 is 17.9 Å². The van der Waals surface area contributed by atoms with E-state index in [1.165, 1.54) is 38.5 Å². The van der Waals surface area contributed by atoms with Crippen molar-refractivity contribution in [2.24, 2.45) is 32.5 Å². The van der Waals surface area contributed by atoms with Crippen LogP contribution in [0.15, 0.2) is 53.7 Å². The van der Waals surface area contributed by atoms with Crippen molar-refractivity contribution >= 4 is 72.6 Å². The van der Waals surface area contributed by atoms with Crippen LogP contribution in [0.1, 0.15) is 368 Å². The molecule has 0 spiro atoms. The molecule has 0 saturated carbocycles. The number of aliphatic hydroxyl groups is 2. The number of ketones is 1. The molecule has 0 bridgehead atoms. The summed E-state index contributed by atoms with van der Waals surface area (Å²) in [5, 5.41) is 40.9. The monoisotopic (exact) mass is 1740 g/mol. The number of hydrogen-bond donors (Lipinski definition) is 6. The number of halogens is 1. The zero-order valence-electron chi connectivity index (χ0n) is 82.4. The molecule has 0 aromatic heterocycles. The SMILES string of the molecule is CC(=O)C(C)(C)C.CC(C)(C)[Si](C)(C)C.CC(C)(C)[Si](C)(C)OCCCCCC=O.CC/C=C/CCCCCOC(=O)C(C)(C)C.CC/C=C/CCCCCOC(=O)C(C)(C)C.CC/C=C/CCCCCO[Si](C)(C)C(C)(C)C.Cc1c(Cl)c(O)c(C/C=C/CCCCCOC(=O)C(C)(C)C)c(O)c1C=O.N=NCN.OCCCCCCO. The molecule has 0 saturated heterocycles. The number of nitrogens with one attached hydrogen (secondary N) is 1. The highest BCUT2D eigenvalue weighted by molar-refractivity contribution is 6.78. The minimum atomic E-state index is -1.54. The van der Waals surface area contributed by atoms with Crippen molar-refractivity contribution < 1.29 is 72.3 Å². The van der Waals surface area contributed by atoms with Crippen molar-refractivity contribution in [2.45, 2.75) is 421 Å². The van der Waals surface area contributed by atoms with Crippen molar-refractivity contribution in [1.29, 1.82) is 5.53 Å². The van der Waals surface area contributed by atoms with Crippen LogP contribution in [0, 0.1) is 34.1 Å². The second kappa shape index (κ2) is 74.0. The molecule has 18 nitrogen and oxygen atoms in total. The van der Waals surface area contributed by atoms with E-state index in [9.17, 15) is 39.0 Å². The summed E-state index contributed by atoms with van der Waals surface area (Å²) in [6.45, 7) is 73.3. The fourth-order valence-electron chi connectivity index (χ4n) is 7.87. The Morgan fingerprint density at radius 2 is 0.686 bits per heavy atom. The van der Waals surface area contributed by atoms with Gasteiger partial charge in [0.2, 0.25) is 0 Å². The lowest BCUT2D eigenvalue weighted by molar-refractivity contribution is -0.153. The van der Waals surface area contributed by atoms with E-state index in [-0.39, 0.29) is 93.9 Å². The standard InChI is InChI=1S/C21H29ClO5.C15H32OSi.2C14H26O2.C12H26O2Si.C7H18Si.C6H14O2.C6H12O.CH5N3/c1-14-16(13-23)18(24)15(19(25)17(14)22)11-9-7-5-6-8-10-12-27-20(26)21(2,3)4;1-7-8-9-10-11-12-13-14-16-17(5,6)15(2,3)4;2*1-5-6-7-8-9-10-11-12-16-13(15)14(2,3)4;1-12(2,3)15(4,5)14-11-9-7-6-8-10-13;1-7(2,3)8(4,5)6;7-5-3-1-2-4-6-8;1-5(7)6(2,3)4;2-1-4-3/h7,9,13,24-25H,5-6,8,10-12H2,1-4H3;8-9H,7,10-14H2,1-6H3;2*6-7H,5,8-12H2,1-4H3;10H,6-9,11H2,1-5H3;1-6H3;7-8H,1-6H2;1-4H3;3H,1-2H2/b9-7+;9-8+;2*7-6+;;;;;. The lowest BCUT2D eigenvalue weighted by Gasteiger charge is -2.36. The molecule has 0 aliphatic carbocycles. The fourth-order valence-corrected chi connectivity index (χ4v) is 10.3. The molecule has 0 fully saturated rings. The number of benzene rings is 1. The number of nitrogens with two attached hydrogens (primary N) is 1. The lowest BCUT2D eigenvalue weighted by atomic mass is 9.92. The number of carbonyl (C=O) groups is 6. The van der Waals surface area contributed by atoms with Gasteiger partial charge in [-0.15, -0.1) is 0 Å². The highest BCUT2D eigenvalue weighted by Crippen LogP contribution is 2.41. The van der Waals surface area contributed by atoms with E-state index in [0.29, 0.717) is 53.2 Å². The lowest BCUT2D eigenvalue weighted by Crippen LogP contribution is -2.40. The molecule has 0 unspecified atom stereocenters. The van der Waals surface area contributed by atoms with Crippen molar-refractivity contribution in [2.75, 3.05) is 52.9 Å². The summed E-state index contributed by atoms with van der Waals surface area (Å²) in [6, 6.07) is 0. The third-order valence-electron chi connectivity index (χ3n) is 20.1. The summed E-state index contributed by atoms with van der Waals surface area (Å²) in [4.78, 5) is 66.1. The Kier molecular flexibility index (Phi) is 81.0. The Hall–Kier alpha value is -4.46. The van der Waals surface area contributed by atoms with E-state index in [1.807, 2.05) is 95.2 Å². The molecule has 118 heavy (non-hydrogen) atoms. The Balaban J connectivity index is -0.000000200. The average molecular weight is 1740 g/mol. The zero-order valence-corrected chi connectivity index (χ0v) is 86.2. The number of hydrogen-bond acceptors (Lipinski definition) is 18. The number of esters is 3. The van der Waals surface area contributed by atoms with Crippen LogP contribution in [-0.4, -0.2) is 134 Å². The maximum absolute atomic E-state index is 11.6. The number of phenolic OH excluding ortho intramolecular Hbond substituents is 2. The summed E-state index contributed by atoms with van der Waals surface area (Å²) in [7, 11) is -3.90. The number of carbonyl (C=O) groups excluding carboxylic acids is 6. The fraction of sp³-hybridized carbons (Fsp3) is 0.792. The van der Waals surface area contributed by atoms with Gasteiger partial charge in [-0.2, -0.15) is 5.11 Å². The second-order valence-electron chi connectivity index (χ2n) is 39.3. The first-order valence-electron chi connectivity index (χ1n) is 44.5. The minimum Gasteiger partial charge on any atom is -0.507 e. The van der Waals surface area contributed by atoms with Crippen molar-refractivity contribution in [1.82, 2.24) is 0 Å². The molecule has 0 radical (unpaired) electrons. The van der Waals surface area contributed by atoms with Crippen LogP contribution in [0.5, 0.6) is 11.5 Å². The Labute approximate surface area is 734 Å². The van der Waals surface area contributed by atoms with Crippen LogP contribution in [0.4, 0.5) is 0 Å². The zero-order chi connectivity index (χ0) is 93.5. The van der Waals surface area contributed by atoms with Gasteiger partial charge in [0.25, 0.3) is 0 Å². The van der Waals surface area contributed by atoms with Crippen LogP contribution < -0.4 is 5.73 Å². The largest absolute Gasteiger partial charge is 0.507 e. The molecule has 696 valence electrons. The summed E-state index contributed by atoms with van der Waals surface area (Å²) >= 11 is 6.02.